The number of allylic oxidation sites excluding steroid dienone is 2. The Labute approximate surface area is 146 Å². The third-order valence-corrected chi connectivity index (χ3v) is 4.31. The van der Waals surface area contributed by atoms with Crippen molar-refractivity contribution in [3.8, 4) is 23.9 Å². The molecule has 1 atom stereocenters. The second kappa shape index (κ2) is 10.2. The molecule has 0 spiro atoms. The maximum absolute atomic E-state index is 8.09. The zero-order valence-electron chi connectivity index (χ0n) is 15.4. The predicted octanol–water partition coefficient (Wildman–Crippen LogP) is 3.10. The van der Waals surface area contributed by atoms with Crippen LogP contribution in [0.5, 0.6) is 0 Å². The molecule has 128 valence electrons. The van der Waals surface area contributed by atoms with Crippen LogP contribution >= 0.6 is 0 Å². The highest BCUT2D eigenvalue weighted by Gasteiger charge is 2.30. The van der Waals surface area contributed by atoms with Gasteiger partial charge in [0, 0.05) is 25.0 Å². The van der Waals surface area contributed by atoms with Gasteiger partial charge in [0.25, 0.3) is 0 Å². The monoisotopic (exact) mass is 325 g/mol. The topological polar surface area (TPSA) is 102 Å². The highest BCUT2D eigenvalue weighted by atomic mass is 15.4. The van der Waals surface area contributed by atoms with Gasteiger partial charge in [0.2, 0.25) is 0 Å². The van der Waals surface area contributed by atoms with Gasteiger partial charge in [0.15, 0.2) is 0 Å². The van der Waals surface area contributed by atoms with E-state index in [4.69, 9.17) is 21.0 Å². The van der Waals surface area contributed by atoms with Crippen molar-refractivity contribution in [2.24, 2.45) is 0 Å². The second-order valence-electron chi connectivity index (χ2n) is 5.77. The Morgan fingerprint density at radius 1 is 0.917 bits per heavy atom. The molecule has 6 nitrogen and oxygen atoms in total. The lowest BCUT2D eigenvalue weighted by molar-refractivity contribution is 0.173. The van der Waals surface area contributed by atoms with E-state index in [-0.39, 0.29) is 0 Å². The van der Waals surface area contributed by atoms with Gasteiger partial charge in [-0.1, -0.05) is 27.2 Å². The van der Waals surface area contributed by atoms with Gasteiger partial charge in [-0.15, -0.1) is 23.9 Å². The summed E-state index contributed by atoms with van der Waals surface area (Å²) < 4.78 is 0. The Hall–Kier alpha value is -2.64. The molecule has 1 heterocycles. The van der Waals surface area contributed by atoms with Crippen molar-refractivity contribution in [3.05, 3.63) is 11.4 Å². The zero-order chi connectivity index (χ0) is 18.8. The van der Waals surface area contributed by atoms with Crippen LogP contribution in [0.15, 0.2) is 11.4 Å². The Bertz CT molecular complexity index is 551. The molecule has 0 aromatic rings. The minimum Gasteiger partial charge on any atom is -0.356 e. The quantitative estimate of drug-likeness (QED) is 0.720. The summed E-state index contributed by atoms with van der Waals surface area (Å²) in [4.78, 5) is 5.02. The van der Waals surface area contributed by atoms with Gasteiger partial charge >= 0.3 is 6.15 Å². The van der Waals surface area contributed by atoms with Crippen LogP contribution in [0.1, 0.15) is 53.4 Å². The zero-order valence-corrected chi connectivity index (χ0v) is 15.4. The lowest BCUT2D eigenvalue weighted by Gasteiger charge is -2.29. The molecule has 7 heteroatoms. The summed E-state index contributed by atoms with van der Waals surface area (Å²) in [5.74, 6) is 5.38. The third kappa shape index (κ3) is 4.68. The van der Waals surface area contributed by atoms with Crippen molar-refractivity contribution in [1.82, 2.24) is 9.80 Å². The molecular weight excluding hydrogens is 299 g/mol. The van der Waals surface area contributed by atoms with E-state index in [1.54, 1.807) is 11.4 Å². The Morgan fingerprint density at radius 2 is 1.38 bits per heavy atom. The van der Waals surface area contributed by atoms with E-state index >= 15 is 0 Å². The fraction of sp³-hybridized carbons (Fsp3) is 0.647. The summed E-state index contributed by atoms with van der Waals surface area (Å²) in [6.45, 7) is 10.3. The maximum atomic E-state index is 8.09. The Morgan fingerprint density at radius 3 is 1.67 bits per heavy atom. The van der Waals surface area contributed by atoms with Gasteiger partial charge in [0.05, 0.1) is 6.17 Å². The van der Waals surface area contributed by atoms with E-state index in [9.17, 15) is 0 Å². The molecule has 0 bridgehead atoms. The molecule has 0 aliphatic carbocycles. The first-order valence-corrected chi connectivity index (χ1v) is 8.43. The molecule has 0 N–H and O–H groups in total. The SMILES string of the molecule is CCCCN1C(CC)=C(CC)N(C)C1C.N#C[B-](C#N)(C#N)C#N. The molecule has 0 fully saturated rings. The van der Waals surface area contributed by atoms with E-state index in [0.29, 0.717) is 6.17 Å². The lowest BCUT2D eigenvalue weighted by atomic mass is 9.30. The fourth-order valence-electron chi connectivity index (χ4n) is 2.71. The van der Waals surface area contributed by atoms with Gasteiger partial charge in [0.1, 0.15) is 0 Å². The highest BCUT2D eigenvalue weighted by Crippen LogP contribution is 2.31. The molecule has 1 rings (SSSR count). The first-order valence-electron chi connectivity index (χ1n) is 8.43. The number of unbranched alkanes of at least 4 members (excludes halogenated alkanes) is 1. The van der Waals surface area contributed by atoms with Crippen LogP contribution in [0.4, 0.5) is 0 Å². The second-order valence-corrected chi connectivity index (χ2v) is 5.77. The third-order valence-electron chi connectivity index (χ3n) is 4.31. The van der Waals surface area contributed by atoms with Crippen molar-refractivity contribution >= 4 is 6.15 Å². The lowest BCUT2D eigenvalue weighted by Crippen LogP contribution is -2.36. The first-order chi connectivity index (χ1) is 11.4. The van der Waals surface area contributed by atoms with Crippen molar-refractivity contribution in [1.29, 1.82) is 21.0 Å². The Balaban J connectivity index is 0.000000506. The molecule has 1 aliphatic rings. The summed E-state index contributed by atoms with van der Waals surface area (Å²) in [5, 5.41) is 32.3. The maximum Gasteiger partial charge on any atom is 0.383 e. The fourth-order valence-corrected chi connectivity index (χ4v) is 2.71. The highest BCUT2D eigenvalue weighted by molar-refractivity contribution is 7.05. The molecule has 1 unspecified atom stereocenters. The number of nitrogens with zero attached hydrogens (tertiary/aromatic N) is 6. The summed E-state index contributed by atoms with van der Waals surface area (Å²) in [6, 6.07) is 0. The summed E-state index contributed by atoms with van der Waals surface area (Å²) >= 11 is 0. The van der Waals surface area contributed by atoms with E-state index in [0.717, 1.165) is 6.42 Å². The van der Waals surface area contributed by atoms with Gasteiger partial charge in [-0.05, 0) is 26.2 Å². The van der Waals surface area contributed by atoms with Gasteiger partial charge in [-0.3, -0.25) is 0 Å². The largest absolute Gasteiger partial charge is 0.383 e. The minimum absolute atomic E-state index is 0.557. The smallest absolute Gasteiger partial charge is 0.356 e. The molecular formula is C17H26BN6-. The van der Waals surface area contributed by atoms with Crippen LogP contribution in [0.25, 0.3) is 0 Å². The summed E-state index contributed by atoms with van der Waals surface area (Å²) in [6.07, 6.45) is 2.75. The van der Waals surface area contributed by atoms with E-state index < -0.39 is 6.15 Å². The first kappa shape index (κ1) is 21.4. The van der Waals surface area contributed by atoms with Crippen LogP contribution in [0, 0.1) is 44.9 Å². The number of hydrogen-bond acceptors (Lipinski definition) is 6. The molecule has 0 radical (unpaired) electrons. The van der Waals surface area contributed by atoms with Gasteiger partial charge in [-0.2, -0.15) is 0 Å². The van der Waals surface area contributed by atoms with Crippen LogP contribution in [-0.2, 0) is 0 Å². The normalized spacial score (nSPS) is 16.5. The predicted molar refractivity (Wildman–Crippen MR) is 94.7 cm³/mol. The molecule has 0 aromatic heterocycles. The Kier molecular flexibility index (Phi) is 9.08. The number of nitriles is 4. The average Bonchev–Trinajstić information content (AvgIpc) is 2.86. The summed E-state index contributed by atoms with van der Waals surface area (Å²) in [5.41, 5.74) is 3.11. The molecule has 0 amide bonds. The van der Waals surface area contributed by atoms with Crippen LogP contribution in [0.2, 0.25) is 0 Å². The minimum atomic E-state index is -2.72. The molecule has 0 saturated heterocycles. The summed E-state index contributed by atoms with van der Waals surface area (Å²) in [7, 11) is 2.23. The molecule has 0 aromatic carbocycles. The van der Waals surface area contributed by atoms with Gasteiger partial charge < -0.3 is 9.80 Å². The van der Waals surface area contributed by atoms with E-state index in [2.05, 4.69) is 44.5 Å². The standard InChI is InChI=1S/C13H26N2.C4BN4/c1-6-9-10-15-11(4)14(5)12(7-2)13(15)8-3;6-1-5(2-7,3-8)4-9/h11H,6-10H2,1-5H3;/q;-1. The van der Waals surface area contributed by atoms with Crippen LogP contribution < -0.4 is 0 Å². The van der Waals surface area contributed by atoms with Crippen molar-refractivity contribution in [2.45, 2.75) is 59.5 Å². The number of rotatable bonds is 5. The van der Waals surface area contributed by atoms with Crippen molar-refractivity contribution in [3.63, 3.8) is 0 Å². The molecule has 1 aliphatic heterocycles. The van der Waals surface area contributed by atoms with Crippen LogP contribution in [0.3, 0.4) is 0 Å². The van der Waals surface area contributed by atoms with E-state index in [1.807, 2.05) is 0 Å². The van der Waals surface area contributed by atoms with Crippen molar-refractivity contribution in [2.75, 3.05) is 13.6 Å². The molecule has 24 heavy (non-hydrogen) atoms. The van der Waals surface area contributed by atoms with Crippen molar-refractivity contribution < 1.29 is 0 Å². The van der Waals surface area contributed by atoms with Crippen LogP contribution in [-0.4, -0.2) is 35.7 Å². The van der Waals surface area contributed by atoms with E-state index in [1.165, 1.54) is 49.7 Å². The number of hydrogen-bond donors (Lipinski definition) is 0. The average molecular weight is 325 g/mol. The van der Waals surface area contributed by atoms with Gasteiger partial charge in [-0.25, -0.2) is 21.0 Å². The molecule has 0 saturated carbocycles.